The zero-order valence-corrected chi connectivity index (χ0v) is 13.4. The number of Topliss-reactive ketones (excluding diaryl/α,β-unsaturated/α-hetero) is 2. The highest BCUT2D eigenvalue weighted by atomic mass is 16.5. The minimum atomic E-state index is -0.530. The number of hydrogen-bond acceptors (Lipinski definition) is 6. The van der Waals surface area contributed by atoms with Gasteiger partial charge in [-0.2, -0.15) is 0 Å². The van der Waals surface area contributed by atoms with Gasteiger partial charge in [-0.3, -0.25) is 9.59 Å². The maximum atomic E-state index is 12.9. The number of hydrogen-bond donors (Lipinski definition) is 2. The summed E-state index contributed by atoms with van der Waals surface area (Å²) in [5.74, 6) is -1.84. The van der Waals surface area contributed by atoms with Crippen molar-refractivity contribution in [2.24, 2.45) is 0 Å². The molecular formula is C17H18O6. The van der Waals surface area contributed by atoms with Crippen LogP contribution in [-0.4, -0.2) is 41.1 Å². The average molecular weight is 318 g/mol. The molecule has 0 saturated carbocycles. The van der Waals surface area contributed by atoms with Gasteiger partial charge in [0.1, 0.15) is 0 Å². The van der Waals surface area contributed by atoms with E-state index in [4.69, 9.17) is 9.47 Å². The standard InChI is InChI=1S/C17H18O6/c1-6-5-9-11(8(3)23-6)15(20)12-10(14(9)19)7(2)13(18)17(22-4)16(12)21/h6,8,18,21H,5H2,1-4H3/t6?,8-/m1/s1. The van der Waals surface area contributed by atoms with Crippen LogP contribution in [0.2, 0.25) is 0 Å². The molecule has 2 aliphatic rings. The molecule has 2 atom stereocenters. The SMILES string of the molecule is COc1c(O)c(C)c2c(c1O)C(=O)C1=C(CC(C)O[C@@H]1C)C2=O. The highest BCUT2D eigenvalue weighted by Gasteiger charge is 2.42. The van der Waals surface area contributed by atoms with E-state index >= 15 is 0 Å². The molecule has 0 amide bonds. The van der Waals surface area contributed by atoms with Crippen molar-refractivity contribution in [1.29, 1.82) is 0 Å². The Hall–Kier alpha value is -2.34. The molecule has 23 heavy (non-hydrogen) atoms. The van der Waals surface area contributed by atoms with Gasteiger partial charge in [0.15, 0.2) is 23.1 Å². The molecular weight excluding hydrogens is 300 g/mol. The lowest BCUT2D eigenvalue weighted by Crippen LogP contribution is -2.36. The van der Waals surface area contributed by atoms with E-state index in [0.717, 1.165) is 0 Å². The zero-order valence-electron chi connectivity index (χ0n) is 13.4. The monoisotopic (exact) mass is 318 g/mol. The van der Waals surface area contributed by atoms with Gasteiger partial charge in [-0.15, -0.1) is 0 Å². The molecule has 1 heterocycles. The fourth-order valence-corrected chi connectivity index (χ4v) is 3.45. The van der Waals surface area contributed by atoms with Crippen LogP contribution in [0.3, 0.4) is 0 Å². The third kappa shape index (κ3) is 1.98. The second-order valence-electron chi connectivity index (χ2n) is 5.95. The van der Waals surface area contributed by atoms with Crippen molar-refractivity contribution in [3.63, 3.8) is 0 Å². The highest BCUT2D eigenvalue weighted by molar-refractivity contribution is 6.29. The lowest BCUT2D eigenvalue weighted by Gasteiger charge is -2.33. The first-order chi connectivity index (χ1) is 10.8. The molecule has 1 aromatic rings. The van der Waals surface area contributed by atoms with Crippen LogP contribution in [0, 0.1) is 6.92 Å². The van der Waals surface area contributed by atoms with Crippen molar-refractivity contribution < 1.29 is 29.3 Å². The molecule has 6 heteroatoms. The number of rotatable bonds is 1. The molecule has 1 aliphatic carbocycles. The van der Waals surface area contributed by atoms with E-state index in [0.29, 0.717) is 12.0 Å². The molecule has 0 bridgehead atoms. The summed E-state index contributed by atoms with van der Waals surface area (Å²) in [5, 5.41) is 20.5. The molecule has 0 fully saturated rings. The van der Waals surface area contributed by atoms with Crippen LogP contribution in [-0.2, 0) is 4.74 Å². The summed E-state index contributed by atoms with van der Waals surface area (Å²) in [6, 6.07) is 0. The molecule has 0 saturated heterocycles. The van der Waals surface area contributed by atoms with Gasteiger partial charge in [-0.25, -0.2) is 0 Å². The lowest BCUT2D eigenvalue weighted by molar-refractivity contribution is 0.0148. The summed E-state index contributed by atoms with van der Waals surface area (Å²) in [4.78, 5) is 25.8. The highest BCUT2D eigenvalue weighted by Crippen LogP contribution is 2.48. The first kappa shape index (κ1) is 15.6. The number of carbonyl (C=O) groups is 2. The van der Waals surface area contributed by atoms with Gasteiger partial charge in [-0.1, -0.05) is 0 Å². The lowest BCUT2D eigenvalue weighted by atomic mass is 9.76. The predicted molar refractivity (Wildman–Crippen MR) is 81.4 cm³/mol. The molecule has 0 aromatic heterocycles. The average Bonchev–Trinajstić information content (AvgIpc) is 2.48. The molecule has 6 nitrogen and oxygen atoms in total. The van der Waals surface area contributed by atoms with Gasteiger partial charge in [0.25, 0.3) is 0 Å². The van der Waals surface area contributed by atoms with Gasteiger partial charge in [-0.05, 0) is 20.8 Å². The van der Waals surface area contributed by atoms with Crippen LogP contribution < -0.4 is 4.74 Å². The van der Waals surface area contributed by atoms with Gasteiger partial charge >= 0.3 is 0 Å². The van der Waals surface area contributed by atoms with Crippen LogP contribution in [0.4, 0.5) is 0 Å². The van der Waals surface area contributed by atoms with Crippen molar-refractivity contribution >= 4 is 11.6 Å². The van der Waals surface area contributed by atoms with Gasteiger partial charge < -0.3 is 19.7 Å². The second-order valence-corrected chi connectivity index (χ2v) is 5.95. The van der Waals surface area contributed by atoms with E-state index in [-0.39, 0.29) is 45.6 Å². The molecule has 1 aromatic carbocycles. The molecule has 3 rings (SSSR count). The number of ketones is 2. The van der Waals surface area contributed by atoms with Gasteiger partial charge in [0.05, 0.1) is 24.9 Å². The number of carbonyl (C=O) groups excluding carboxylic acids is 2. The number of phenols is 2. The Balaban J connectivity index is 2.34. The summed E-state index contributed by atoms with van der Waals surface area (Å²) in [5.41, 5.74) is 0.840. The Morgan fingerprint density at radius 3 is 2.35 bits per heavy atom. The van der Waals surface area contributed by atoms with Gasteiger partial charge in [0.2, 0.25) is 5.75 Å². The number of aromatic hydroxyl groups is 2. The maximum absolute atomic E-state index is 12.9. The Kier molecular flexibility index (Phi) is 3.44. The normalized spacial score (nSPS) is 23.7. The van der Waals surface area contributed by atoms with Crippen molar-refractivity contribution in [2.75, 3.05) is 7.11 Å². The summed E-state index contributed by atoms with van der Waals surface area (Å²) in [6.45, 7) is 5.07. The predicted octanol–water partition coefficient (Wildman–Crippen LogP) is 2.29. The molecule has 2 N–H and O–H groups in total. The summed E-state index contributed by atoms with van der Waals surface area (Å²) in [7, 11) is 1.27. The van der Waals surface area contributed by atoms with E-state index in [1.165, 1.54) is 14.0 Å². The second kappa shape index (κ2) is 5.09. The fourth-order valence-electron chi connectivity index (χ4n) is 3.45. The Bertz CT molecular complexity index is 774. The number of fused-ring (bicyclic) bond motifs is 1. The number of phenolic OH excluding ortho intramolecular Hbond substituents is 2. The molecule has 0 radical (unpaired) electrons. The van der Waals surface area contributed by atoms with Crippen LogP contribution in [0.25, 0.3) is 0 Å². The van der Waals surface area contributed by atoms with E-state index in [9.17, 15) is 19.8 Å². The zero-order chi connectivity index (χ0) is 17.0. The largest absolute Gasteiger partial charge is 0.504 e. The van der Waals surface area contributed by atoms with Crippen LogP contribution in [0.1, 0.15) is 46.5 Å². The number of methoxy groups -OCH3 is 1. The van der Waals surface area contributed by atoms with E-state index in [2.05, 4.69) is 0 Å². The minimum absolute atomic E-state index is 0.0471. The summed E-state index contributed by atoms with van der Waals surface area (Å²) < 4.78 is 10.6. The quantitative estimate of drug-likeness (QED) is 0.825. The summed E-state index contributed by atoms with van der Waals surface area (Å²) >= 11 is 0. The smallest absolute Gasteiger partial charge is 0.203 e. The van der Waals surface area contributed by atoms with Crippen molar-refractivity contribution in [3.8, 4) is 17.2 Å². The topological polar surface area (TPSA) is 93.1 Å². The van der Waals surface area contributed by atoms with Crippen LogP contribution in [0.15, 0.2) is 11.1 Å². The Morgan fingerprint density at radius 2 is 1.74 bits per heavy atom. The molecule has 1 unspecified atom stereocenters. The Morgan fingerprint density at radius 1 is 1.09 bits per heavy atom. The Labute approximate surface area is 133 Å². The van der Waals surface area contributed by atoms with E-state index in [1.54, 1.807) is 6.92 Å². The van der Waals surface area contributed by atoms with Crippen LogP contribution in [0.5, 0.6) is 17.2 Å². The van der Waals surface area contributed by atoms with Crippen molar-refractivity contribution in [3.05, 3.63) is 27.8 Å². The molecule has 122 valence electrons. The number of ether oxygens (including phenoxy) is 2. The van der Waals surface area contributed by atoms with Crippen molar-refractivity contribution in [2.45, 2.75) is 39.4 Å². The van der Waals surface area contributed by atoms with E-state index < -0.39 is 17.6 Å². The minimum Gasteiger partial charge on any atom is -0.504 e. The van der Waals surface area contributed by atoms with Crippen LogP contribution >= 0.6 is 0 Å². The van der Waals surface area contributed by atoms with Crippen molar-refractivity contribution in [1.82, 2.24) is 0 Å². The van der Waals surface area contributed by atoms with E-state index in [1.807, 2.05) is 6.92 Å². The summed E-state index contributed by atoms with van der Waals surface area (Å²) in [6.07, 6.45) is -0.378. The maximum Gasteiger partial charge on any atom is 0.203 e. The van der Waals surface area contributed by atoms with Gasteiger partial charge in [0, 0.05) is 28.7 Å². The molecule has 1 aliphatic heterocycles. The first-order valence-electron chi connectivity index (χ1n) is 7.39. The number of benzene rings is 1. The third-order valence-electron chi connectivity index (χ3n) is 4.48. The third-order valence-corrected chi connectivity index (χ3v) is 4.48. The first-order valence-corrected chi connectivity index (χ1v) is 7.39. The fraction of sp³-hybridized carbons (Fsp3) is 0.412. The molecule has 0 spiro atoms.